The maximum Gasteiger partial charge on any atom is 0.508 e. The van der Waals surface area contributed by atoms with Gasteiger partial charge in [0.25, 0.3) is 0 Å². The van der Waals surface area contributed by atoms with Crippen LogP contribution in [-0.4, -0.2) is 85.1 Å². The number of rotatable bonds is 14. The lowest BCUT2D eigenvalue weighted by molar-refractivity contribution is -0.132. The summed E-state index contributed by atoms with van der Waals surface area (Å²) in [5.74, 6) is 0.686. The first kappa shape index (κ1) is 34.2. The topological polar surface area (TPSA) is 217 Å². The van der Waals surface area contributed by atoms with E-state index >= 15 is 0 Å². The first-order chi connectivity index (χ1) is 21.1. The minimum atomic E-state index is -5.31. The number of nitrogen functional groups attached to an aromatic ring is 1. The third-order valence-corrected chi connectivity index (χ3v) is 8.82. The normalized spacial score (nSPS) is 14.4. The van der Waals surface area contributed by atoms with Gasteiger partial charge in [-0.2, -0.15) is 4.98 Å². The van der Waals surface area contributed by atoms with Crippen LogP contribution in [0.4, 0.5) is 15.5 Å². The minimum Gasteiger partial charge on any atom is -0.497 e. The van der Waals surface area contributed by atoms with Crippen LogP contribution < -0.4 is 10.5 Å². The SMILES string of the molecule is COc1ccc(Sc2nc(N)nc3c2ncn3CC2(OC(COC(=O)OC(C)C)(COC(=O)OC(C)C)P(=O)(O)O)CC2)cc1. The molecule has 4 rings (SSSR count). The van der Waals surface area contributed by atoms with Crippen molar-refractivity contribution in [2.45, 2.75) is 80.2 Å². The number of ether oxygens (including phenoxy) is 6. The fourth-order valence-corrected chi connectivity index (χ4v) is 5.80. The number of hydrogen-bond donors (Lipinski definition) is 3. The van der Waals surface area contributed by atoms with E-state index in [1.807, 2.05) is 24.3 Å². The molecule has 3 aromatic rings. The highest BCUT2D eigenvalue weighted by molar-refractivity contribution is 7.99. The summed E-state index contributed by atoms with van der Waals surface area (Å²) < 4.78 is 46.0. The van der Waals surface area contributed by atoms with Gasteiger partial charge in [0.05, 0.1) is 37.8 Å². The number of methoxy groups -OCH3 is 1. The molecule has 246 valence electrons. The molecule has 1 aliphatic rings. The van der Waals surface area contributed by atoms with Crippen molar-refractivity contribution >= 4 is 48.8 Å². The Labute approximate surface area is 263 Å². The highest BCUT2D eigenvalue weighted by Crippen LogP contribution is 2.57. The van der Waals surface area contributed by atoms with Gasteiger partial charge < -0.3 is 48.5 Å². The molecule has 45 heavy (non-hydrogen) atoms. The molecule has 0 aliphatic heterocycles. The zero-order valence-corrected chi connectivity index (χ0v) is 27.1. The number of nitrogens with zero attached hydrogens (tertiary/aromatic N) is 4. The summed E-state index contributed by atoms with van der Waals surface area (Å²) in [6.45, 7) is 4.36. The maximum absolute atomic E-state index is 13.0. The van der Waals surface area contributed by atoms with Crippen molar-refractivity contribution in [3.8, 4) is 5.75 Å². The Morgan fingerprint density at radius 2 is 1.62 bits per heavy atom. The van der Waals surface area contributed by atoms with Gasteiger partial charge in [-0.25, -0.2) is 19.6 Å². The van der Waals surface area contributed by atoms with E-state index in [1.54, 1.807) is 39.4 Å². The molecule has 0 amide bonds. The average Bonchev–Trinajstić information content (AvgIpc) is 3.59. The van der Waals surface area contributed by atoms with E-state index in [2.05, 4.69) is 15.0 Å². The average molecular weight is 670 g/mol. The van der Waals surface area contributed by atoms with Gasteiger partial charge in [-0.1, -0.05) is 11.8 Å². The first-order valence-electron chi connectivity index (χ1n) is 13.9. The van der Waals surface area contributed by atoms with Gasteiger partial charge >= 0.3 is 19.9 Å². The van der Waals surface area contributed by atoms with Crippen LogP contribution in [0.15, 0.2) is 40.5 Å². The van der Waals surface area contributed by atoms with Crippen LogP contribution >= 0.6 is 19.4 Å². The largest absolute Gasteiger partial charge is 0.508 e. The molecule has 1 saturated carbocycles. The lowest BCUT2D eigenvalue weighted by Gasteiger charge is -2.36. The van der Waals surface area contributed by atoms with Crippen molar-refractivity contribution in [3.63, 3.8) is 0 Å². The van der Waals surface area contributed by atoms with Crippen molar-refractivity contribution in [1.29, 1.82) is 0 Å². The quantitative estimate of drug-likeness (QED) is 0.125. The van der Waals surface area contributed by atoms with Crippen LogP contribution in [0.1, 0.15) is 40.5 Å². The van der Waals surface area contributed by atoms with Gasteiger partial charge in [0.15, 0.2) is 5.65 Å². The molecule has 0 atom stereocenters. The molecule has 0 unspecified atom stereocenters. The molecule has 1 aliphatic carbocycles. The van der Waals surface area contributed by atoms with E-state index in [9.17, 15) is 23.9 Å². The number of hydrogen-bond acceptors (Lipinski definition) is 14. The molecule has 0 radical (unpaired) electrons. The summed E-state index contributed by atoms with van der Waals surface area (Å²) in [6.07, 6.45) is -1.29. The van der Waals surface area contributed by atoms with Crippen molar-refractivity contribution in [1.82, 2.24) is 19.5 Å². The molecule has 0 saturated heterocycles. The standard InChI is InChI=1S/C27H36N5O11PS/c1-16(2)41-24(33)39-13-27(44(35,36)37,14-40-25(34)42-17(3)4)43-26(10-11-26)12-32-15-29-20-21(32)30-23(28)31-22(20)45-19-8-6-18(38-5)7-9-19/h6-9,15-17H,10-14H2,1-5H3,(H2,28,30,31)(H2,35,36,37). The molecule has 4 N–H and O–H groups in total. The highest BCUT2D eigenvalue weighted by Gasteiger charge is 2.60. The number of fused-ring (bicyclic) bond motifs is 1. The number of carbonyl (C=O) groups excluding carboxylic acids is 2. The Morgan fingerprint density at radius 1 is 1.04 bits per heavy atom. The maximum atomic E-state index is 13.0. The van der Waals surface area contributed by atoms with Crippen molar-refractivity contribution < 1.29 is 52.4 Å². The number of nitrogens with two attached hydrogens (primary N) is 1. The lowest BCUT2D eigenvalue weighted by Crippen LogP contribution is -2.48. The zero-order valence-electron chi connectivity index (χ0n) is 25.4. The van der Waals surface area contributed by atoms with Crippen LogP contribution in [0.25, 0.3) is 11.2 Å². The Bertz CT molecular complexity index is 1530. The highest BCUT2D eigenvalue weighted by atomic mass is 32.2. The second-order valence-corrected chi connectivity index (χ2v) is 13.9. The van der Waals surface area contributed by atoms with E-state index < -0.39 is 56.3 Å². The number of anilines is 1. The molecule has 0 bridgehead atoms. The molecule has 0 spiro atoms. The van der Waals surface area contributed by atoms with E-state index in [-0.39, 0.29) is 12.5 Å². The van der Waals surface area contributed by atoms with E-state index in [1.165, 1.54) is 18.1 Å². The number of carbonyl (C=O) groups is 2. The van der Waals surface area contributed by atoms with Gasteiger partial charge in [0.2, 0.25) is 11.3 Å². The Kier molecular flexibility index (Phi) is 10.5. The number of aromatic nitrogens is 4. The van der Waals surface area contributed by atoms with E-state index in [0.29, 0.717) is 34.8 Å². The Morgan fingerprint density at radius 3 is 2.11 bits per heavy atom. The fourth-order valence-electron chi connectivity index (χ4n) is 4.15. The molecule has 2 aromatic heterocycles. The zero-order chi connectivity index (χ0) is 33.0. The fraction of sp³-hybridized carbons (Fsp3) is 0.519. The Balaban J connectivity index is 1.62. The second-order valence-electron chi connectivity index (χ2n) is 10.9. The number of benzene rings is 1. The predicted octanol–water partition coefficient (Wildman–Crippen LogP) is 4.11. The summed E-state index contributed by atoms with van der Waals surface area (Å²) in [5, 5.41) is -2.10. The van der Waals surface area contributed by atoms with E-state index in [0.717, 1.165) is 4.90 Å². The van der Waals surface area contributed by atoms with E-state index in [4.69, 9.17) is 34.2 Å². The molecule has 1 aromatic carbocycles. The van der Waals surface area contributed by atoms with Crippen molar-refractivity contribution in [2.24, 2.45) is 0 Å². The summed E-state index contributed by atoms with van der Waals surface area (Å²) in [7, 11) is -3.74. The van der Waals surface area contributed by atoms with Crippen LogP contribution in [0.5, 0.6) is 5.75 Å². The monoisotopic (exact) mass is 669 g/mol. The molecule has 18 heteroatoms. The van der Waals surface area contributed by atoms with Gasteiger partial charge in [-0.15, -0.1) is 0 Å². The molecular weight excluding hydrogens is 633 g/mol. The van der Waals surface area contributed by atoms with Crippen LogP contribution in [0.2, 0.25) is 0 Å². The summed E-state index contributed by atoms with van der Waals surface area (Å²) in [4.78, 5) is 59.4. The van der Waals surface area contributed by atoms with Crippen LogP contribution in [0.3, 0.4) is 0 Å². The summed E-state index contributed by atoms with van der Waals surface area (Å²) in [6, 6.07) is 7.33. The van der Waals surface area contributed by atoms with Crippen molar-refractivity contribution in [2.75, 3.05) is 26.1 Å². The number of imidazole rings is 1. The molecule has 16 nitrogen and oxygen atoms in total. The smallest absolute Gasteiger partial charge is 0.497 e. The van der Waals surface area contributed by atoms with Crippen molar-refractivity contribution in [3.05, 3.63) is 30.6 Å². The second kappa shape index (κ2) is 13.8. The minimum absolute atomic E-state index is 0.00952. The third-order valence-electron chi connectivity index (χ3n) is 6.42. The van der Waals surface area contributed by atoms with Gasteiger partial charge in [-0.3, -0.25) is 4.57 Å². The Hall–Kier alpha value is -3.63. The van der Waals surface area contributed by atoms with Gasteiger partial charge in [-0.05, 0) is 64.8 Å². The lowest BCUT2D eigenvalue weighted by atomic mass is 10.3. The van der Waals surface area contributed by atoms with Gasteiger partial charge in [0, 0.05) is 4.90 Å². The molecule has 2 heterocycles. The van der Waals surface area contributed by atoms with Gasteiger partial charge in [0.1, 0.15) is 29.5 Å². The predicted molar refractivity (Wildman–Crippen MR) is 160 cm³/mol. The van der Waals surface area contributed by atoms with Crippen LogP contribution in [-0.2, 0) is 34.8 Å². The first-order valence-corrected chi connectivity index (χ1v) is 16.3. The third kappa shape index (κ3) is 8.76. The summed E-state index contributed by atoms with van der Waals surface area (Å²) >= 11 is 1.32. The molecule has 1 fully saturated rings. The molecular formula is C27H36N5O11PS. The van der Waals surface area contributed by atoms with Crippen LogP contribution in [0, 0.1) is 0 Å². The summed E-state index contributed by atoms with van der Waals surface area (Å²) in [5.41, 5.74) is 5.67.